The van der Waals surface area contributed by atoms with Gasteiger partial charge in [-0.3, -0.25) is 4.79 Å². The maximum Gasteiger partial charge on any atom is 0.260 e. The lowest BCUT2D eigenvalue weighted by Gasteiger charge is -2.35. The van der Waals surface area contributed by atoms with Crippen molar-refractivity contribution in [2.24, 2.45) is 0 Å². The van der Waals surface area contributed by atoms with Gasteiger partial charge in [-0.15, -0.1) is 0 Å². The number of carbonyl (C=O) groups excluding carboxylic acids is 1. The molecule has 0 N–H and O–H groups in total. The zero-order valence-corrected chi connectivity index (χ0v) is 13.3. The predicted octanol–water partition coefficient (Wildman–Crippen LogP) is 2.82. The largest absolute Gasteiger partial charge is 0.483 e. The lowest BCUT2D eigenvalue weighted by atomic mass is 10.0. The first-order chi connectivity index (χ1) is 9.97. The molecule has 1 fully saturated rings. The quantitative estimate of drug-likeness (QED) is 0.856. The van der Waals surface area contributed by atoms with Gasteiger partial charge in [-0.2, -0.15) is 0 Å². The Morgan fingerprint density at radius 2 is 1.90 bits per heavy atom. The Balaban J connectivity index is 1.95. The summed E-state index contributed by atoms with van der Waals surface area (Å²) >= 11 is 0. The number of benzene rings is 1. The number of ether oxygens (including phenoxy) is 2. The number of amides is 1. The minimum Gasteiger partial charge on any atom is -0.483 e. The predicted molar refractivity (Wildman–Crippen MR) is 82.6 cm³/mol. The van der Waals surface area contributed by atoms with E-state index in [1.54, 1.807) is 0 Å². The van der Waals surface area contributed by atoms with Crippen molar-refractivity contribution in [3.8, 4) is 5.75 Å². The number of rotatable bonds is 4. The third-order valence-corrected chi connectivity index (χ3v) is 3.66. The highest BCUT2D eigenvalue weighted by Gasteiger charge is 2.26. The van der Waals surface area contributed by atoms with E-state index in [4.69, 9.17) is 9.47 Å². The number of hydrogen-bond acceptors (Lipinski definition) is 3. The summed E-state index contributed by atoms with van der Waals surface area (Å²) < 4.78 is 11.4. The third-order valence-electron chi connectivity index (χ3n) is 3.66. The zero-order chi connectivity index (χ0) is 15.4. The molecule has 1 aliphatic rings. The molecule has 0 spiro atoms. The van der Waals surface area contributed by atoms with Crippen LogP contribution in [0.25, 0.3) is 0 Å². The number of morpholine rings is 1. The monoisotopic (exact) mass is 291 g/mol. The van der Waals surface area contributed by atoms with Gasteiger partial charge in [-0.25, -0.2) is 0 Å². The van der Waals surface area contributed by atoms with Crippen LogP contribution in [-0.4, -0.2) is 42.7 Å². The summed E-state index contributed by atoms with van der Waals surface area (Å²) in [6, 6.07) is 7.90. The molecular formula is C17H25NO3. The fourth-order valence-electron chi connectivity index (χ4n) is 2.70. The van der Waals surface area contributed by atoms with Gasteiger partial charge in [-0.1, -0.05) is 32.0 Å². The summed E-state index contributed by atoms with van der Waals surface area (Å²) in [7, 11) is 0. The number of carbonyl (C=O) groups is 1. The van der Waals surface area contributed by atoms with E-state index < -0.39 is 0 Å². The van der Waals surface area contributed by atoms with E-state index in [0.29, 0.717) is 19.0 Å². The summed E-state index contributed by atoms with van der Waals surface area (Å²) in [5.41, 5.74) is 1.13. The second-order valence-corrected chi connectivity index (χ2v) is 6.04. The van der Waals surface area contributed by atoms with Crippen LogP contribution in [0.2, 0.25) is 0 Å². The zero-order valence-electron chi connectivity index (χ0n) is 13.3. The minimum atomic E-state index is 0.0237. The molecule has 2 atom stereocenters. The minimum absolute atomic E-state index is 0.0237. The number of nitrogens with zero attached hydrogens (tertiary/aromatic N) is 1. The van der Waals surface area contributed by atoms with E-state index in [1.807, 2.05) is 43.0 Å². The fraction of sp³-hybridized carbons (Fsp3) is 0.588. The molecule has 0 unspecified atom stereocenters. The van der Waals surface area contributed by atoms with Crippen molar-refractivity contribution in [1.82, 2.24) is 4.90 Å². The Labute approximate surface area is 127 Å². The molecular weight excluding hydrogens is 266 g/mol. The van der Waals surface area contributed by atoms with Crippen molar-refractivity contribution in [3.05, 3.63) is 29.8 Å². The molecule has 0 radical (unpaired) electrons. The van der Waals surface area contributed by atoms with Crippen LogP contribution in [0.4, 0.5) is 0 Å². The van der Waals surface area contributed by atoms with Crippen LogP contribution in [0.1, 0.15) is 39.2 Å². The van der Waals surface area contributed by atoms with E-state index in [9.17, 15) is 4.79 Å². The van der Waals surface area contributed by atoms with Crippen LogP contribution in [0.3, 0.4) is 0 Å². The smallest absolute Gasteiger partial charge is 0.260 e. The first-order valence-corrected chi connectivity index (χ1v) is 7.62. The molecule has 1 aromatic carbocycles. The second kappa shape index (κ2) is 6.94. The average molecular weight is 291 g/mol. The molecule has 1 saturated heterocycles. The molecule has 116 valence electrons. The van der Waals surface area contributed by atoms with Crippen molar-refractivity contribution in [2.45, 2.75) is 45.8 Å². The molecule has 4 heteroatoms. The lowest BCUT2D eigenvalue weighted by Crippen LogP contribution is -2.49. The molecule has 1 amide bonds. The van der Waals surface area contributed by atoms with Gasteiger partial charge >= 0.3 is 0 Å². The molecule has 21 heavy (non-hydrogen) atoms. The van der Waals surface area contributed by atoms with Crippen molar-refractivity contribution in [1.29, 1.82) is 0 Å². The second-order valence-electron chi connectivity index (χ2n) is 6.04. The van der Waals surface area contributed by atoms with Crippen molar-refractivity contribution in [2.75, 3.05) is 19.7 Å². The Bertz CT molecular complexity index is 477. The molecule has 0 aromatic heterocycles. The number of para-hydroxylation sites is 1. The summed E-state index contributed by atoms with van der Waals surface area (Å²) in [4.78, 5) is 14.1. The fourth-order valence-corrected chi connectivity index (χ4v) is 2.70. The third kappa shape index (κ3) is 4.21. The summed E-state index contributed by atoms with van der Waals surface area (Å²) in [5, 5.41) is 0. The van der Waals surface area contributed by atoms with Crippen molar-refractivity contribution < 1.29 is 14.3 Å². The van der Waals surface area contributed by atoms with Gasteiger partial charge in [0.25, 0.3) is 5.91 Å². The first-order valence-electron chi connectivity index (χ1n) is 7.62. The van der Waals surface area contributed by atoms with Crippen molar-refractivity contribution in [3.63, 3.8) is 0 Å². The molecule has 0 aliphatic carbocycles. The Morgan fingerprint density at radius 1 is 1.29 bits per heavy atom. The van der Waals surface area contributed by atoms with Crippen LogP contribution < -0.4 is 4.74 Å². The molecule has 4 nitrogen and oxygen atoms in total. The summed E-state index contributed by atoms with van der Waals surface area (Å²) in [5.74, 6) is 1.20. The summed E-state index contributed by atoms with van der Waals surface area (Å²) in [6.45, 7) is 9.58. The maximum atomic E-state index is 12.3. The Morgan fingerprint density at radius 3 is 2.52 bits per heavy atom. The molecule has 1 aliphatic heterocycles. The standard InChI is InChI=1S/C17H25NO3/c1-12(2)15-7-5-6-8-16(15)20-11-17(19)18-9-13(3)21-14(4)10-18/h5-8,12-14H,9-11H2,1-4H3/t13-,14-/m1/s1. The summed E-state index contributed by atoms with van der Waals surface area (Å²) in [6.07, 6.45) is 0.168. The van der Waals surface area contributed by atoms with E-state index in [0.717, 1.165) is 11.3 Å². The Kier molecular flexibility index (Phi) is 5.23. The van der Waals surface area contributed by atoms with Gasteiger partial charge < -0.3 is 14.4 Å². The Hall–Kier alpha value is -1.55. The van der Waals surface area contributed by atoms with Crippen LogP contribution in [0.15, 0.2) is 24.3 Å². The molecule has 2 rings (SSSR count). The highest BCUT2D eigenvalue weighted by Crippen LogP contribution is 2.25. The highest BCUT2D eigenvalue weighted by molar-refractivity contribution is 5.78. The van der Waals surface area contributed by atoms with Gasteiger partial charge in [0.15, 0.2) is 6.61 Å². The van der Waals surface area contributed by atoms with E-state index in [-0.39, 0.29) is 24.7 Å². The molecule has 1 heterocycles. The molecule has 0 saturated carbocycles. The van der Waals surface area contributed by atoms with Crippen molar-refractivity contribution >= 4 is 5.91 Å². The van der Waals surface area contributed by atoms with Crippen LogP contribution in [0, 0.1) is 0 Å². The van der Waals surface area contributed by atoms with E-state index in [2.05, 4.69) is 13.8 Å². The number of hydrogen-bond donors (Lipinski definition) is 0. The SMILES string of the molecule is CC(C)c1ccccc1OCC(=O)N1C[C@@H](C)O[C@H](C)C1. The van der Waals surface area contributed by atoms with Crippen LogP contribution in [0.5, 0.6) is 5.75 Å². The van der Waals surface area contributed by atoms with Gasteiger partial charge in [0.1, 0.15) is 5.75 Å². The molecule has 1 aromatic rings. The van der Waals surface area contributed by atoms with Crippen LogP contribution in [-0.2, 0) is 9.53 Å². The average Bonchev–Trinajstić information content (AvgIpc) is 2.43. The maximum absolute atomic E-state index is 12.3. The lowest BCUT2D eigenvalue weighted by molar-refractivity contribution is -0.145. The molecule has 0 bridgehead atoms. The normalized spacial score (nSPS) is 22.4. The van der Waals surface area contributed by atoms with Gasteiger partial charge in [0.2, 0.25) is 0 Å². The topological polar surface area (TPSA) is 38.8 Å². The van der Waals surface area contributed by atoms with E-state index >= 15 is 0 Å². The van der Waals surface area contributed by atoms with E-state index in [1.165, 1.54) is 0 Å². The van der Waals surface area contributed by atoms with Gasteiger partial charge in [-0.05, 0) is 31.4 Å². The highest BCUT2D eigenvalue weighted by atomic mass is 16.5. The van der Waals surface area contributed by atoms with Gasteiger partial charge in [0, 0.05) is 13.1 Å². The van der Waals surface area contributed by atoms with Crippen LogP contribution >= 0.6 is 0 Å². The first kappa shape index (κ1) is 15.8. The van der Waals surface area contributed by atoms with Gasteiger partial charge in [0.05, 0.1) is 12.2 Å².